The SMILES string of the molecule is COc1cc(Nc2ncc3scc(-c4cccc(NS(=O)(=O)C(C)(C)C)c4)c3n2)ccc1N1CCNCC1. The summed E-state index contributed by atoms with van der Waals surface area (Å²) in [5, 5.41) is 8.70. The van der Waals surface area contributed by atoms with E-state index in [1.165, 1.54) is 0 Å². The van der Waals surface area contributed by atoms with E-state index in [-0.39, 0.29) is 0 Å². The van der Waals surface area contributed by atoms with E-state index < -0.39 is 14.8 Å². The molecular formula is C27H32N6O3S2. The second-order valence-electron chi connectivity index (χ2n) is 10.1. The van der Waals surface area contributed by atoms with Crippen molar-refractivity contribution in [2.24, 2.45) is 0 Å². The number of aromatic nitrogens is 2. The van der Waals surface area contributed by atoms with Crippen LogP contribution in [0.2, 0.25) is 0 Å². The molecule has 0 unspecified atom stereocenters. The maximum absolute atomic E-state index is 12.7. The molecule has 1 aliphatic rings. The Morgan fingerprint density at radius 1 is 1.08 bits per heavy atom. The zero-order chi connectivity index (χ0) is 26.9. The summed E-state index contributed by atoms with van der Waals surface area (Å²) < 4.78 is 33.7. The highest BCUT2D eigenvalue weighted by atomic mass is 32.2. The van der Waals surface area contributed by atoms with Crippen LogP contribution in [0.15, 0.2) is 54.0 Å². The summed E-state index contributed by atoms with van der Waals surface area (Å²) in [7, 11) is -1.85. The summed E-state index contributed by atoms with van der Waals surface area (Å²) in [5.41, 5.74) is 5.00. The lowest BCUT2D eigenvalue weighted by molar-refractivity contribution is 0.413. The van der Waals surface area contributed by atoms with Crippen LogP contribution in [0.25, 0.3) is 21.3 Å². The van der Waals surface area contributed by atoms with Crippen LogP contribution in [-0.2, 0) is 10.0 Å². The van der Waals surface area contributed by atoms with E-state index in [1.807, 2.05) is 35.7 Å². The van der Waals surface area contributed by atoms with Gasteiger partial charge in [0, 0.05) is 54.6 Å². The first-order chi connectivity index (χ1) is 18.1. The standard InChI is InChI=1S/C27H32N6O3S2/c1-27(2,3)38(34,35)32-20-7-5-6-18(14-20)21-17-37-24-16-29-26(31-25(21)24)30-19-8-9-22(23(15-19)36-4)33-12-10-28-11-13-33/h5-9,14-17,28,32H,10-13H2,1-4H3,(H,29,30,31). The molecule has 200 valence electrons. The molecule has 2 aromatic heterocycles. The Bertz CT molecular complexity index is 1560. The summed E-state index contributed by atoms with van der Waals surface area (Å²) in [6.07, 6.45) is 1.80. The predicted octanol–water partition coefficient (Wildman–Crippen LogP) is 5.06. The molecule has 4 aromatic rings. The zero-order valence-corrected chi connectivity index (χ0v) is 23.5. The summed E-state index contributed by atoms with van der Waals surface area (Å²) in [6.45, 7) is 8.78. The van der Waals surface area contributed by atoms with Gasteiger partial charge in [0.15, 0.2) is 0 Å². The quantitative estimate of drug-likeness (QED) is 0.292. The van der Waals surface area contributed by atoms with Gasteiger partial charge in [-0.3, -0.25) is 4.72 Å². The fourth-order valence-electron chi connectivity index (χ4n) is 4.20. The molecule has 5 rings (SSSR count). The largest absolute Gasteiger partial charge is 0.495 e. The van der Waals surface area contributed by atoms with Crippen molar-refractivity contribution in [3.8, 4) is 16.9 Å². The molecule has 0 amide bonds. The normalized spacial score (nSPS) is 14.5. The Labute approximate surface area is 227 Å². The van der Waals surface area contributed by atoms with Crippen molar-refractivity contribution in [1.82, 2.24) is 15.3 Å². The number of ether oxygens (including phenoxy) is 1. The Balaban J connectivity index is 1.42. The first-order valence-corrected chi connectivity index (χ1v) is 14.8. The number of anilines is 4. The zero-order valence-electron chi connectivity index (χ0n) is 21.9. The lowest BCUT2D eigenvalue weighted by Crippen LogP contribution is -2.43. The van der Waals surface area contributed by atoms with Crippen LogP contribution >= 0.6 is 11.3 Å². The highest BCUT2D eigenvalue weighted by molar-refractivity contribution is 7.94. The molecule has 38 heavy (non-hydrogen) atoms. The Kier molecular flexibility index (Phi) is 7.17. The minimum absolute atomic E-state index is 0.471. The number of methoxy groups -OCH3 is 1. The number of thiophene rings is 1. The Hall–Kier alpha value is -3.41. The van der Waals surface area contributed by atoms with E-state index in [4.69, 9.17) is 9.72 Å². The lowest BCUT2D eigenvalue weighted by atomic mass is 10.1. The van der Waals surface area contributed by atoms with Crippen LogP contribution in [0, 0.1) is 0 Å². The number of hydrogen-bond donors (Lipinski definition) is 3. The van der Waals surface area contributed by atoms with Crippen LogP contribution in [0.1, 0.15) is 20.8 Å². The molecule has 2 aromatic carbocycles. The van der Waals surface area contributed by atoms with E-state index in [0.717, 1.165) is 64.6 Å². The number of fused-ring (bicyclic) bond motifs is 1. The van der Waals surface area contributed by atoms with E-state index >= 15 is 0 Å². The lowest BCUT2D eigenvalue weighted by Gasteiger charge is -2.30. The van der Waals surface area contributed by atoms with Gasteiger partial charge in [-0.05, 0) is 50.6 Å². The summed E-state index contributed by atoms with van der Waals surface area (Å²) >= 11 is 1.55. The van der Waals surface area contributed by atoms with Gasteiger partial charge in [-0.15, -0.1) is 11.3 Å². The summed E-state index contributed by atoms with van der Waals surface area (Å²) in [5.74, 6) is 1.27. The van der Waals surface area contributed by atoms with Crippen LogP contribution in [0.4, 0.5) is 23.0 Å². The minimum atomic E-state index is -3.54. The smallest absolute Gasteiger partial charge is 0.237 e. The fourth-order valence-corrected chi connectivity index (χ4v) is 5.82. The third-order valence-corrected chi connectivity index (χ3v) is 9.46. The molecule has 0 spiro atoms. The van der Waals surface area contributed by atoms with Crippen LogP contribution in [-0.4, -0.2) is 56.4 Å². The van der Waals surface area contributed by atoms with Crippen molar-refractivity contribution in [2.45, 2.75) is 25.5 Å². The molecule has 0 bridgehead atoms. The molecule has 1 fully saturated rings. The minimum Gasteiger partial charge on any atom is -0.495 e. The van der Waals surface area contributed by atoms with Gasteiger partial charge >= 0.3 is 0 Å². The first-order valence-electron chi connectivity index (χ1n) is 12.4. The highest BCUT2D eigenvalue weighted by Crippen LogP contribution is 2.36. The number of benzene rings is 2. The molecule has 0 saturated carbocycles. The first kappa shape index (κ1) is 26.2. The van der Waals surface area contributed by atoms with Crippen molar-refractivity contribution in [3.05, 3.63) is 54.0 Å². The van der Waals surface area contributed by atoms with Crippen molar-refractivity contribution in [2.75, 3.05) is 48.2 Å². The third kappa shape index (κ3) is 5.40. The van der Waals surface area contributed by atoms with E-state index in [1.54, 1.807) is 51.5 Å². The van der Waals surface area contributed by atoms with Gasteiger partial charge in [0.1, 0.15) is 5.75 Å². The van der Waals surface area contributed by atoms with Gasteiger partial charge in [-0.2, -0.15) is 0 Å². The fraction of sp³-hybridized carbons (Fsp3) is 0.333. The van der Waals surface area contributed by atoms with Crippen LogP contribution in [0.5, 0.6) is 5.75 Å². The molecule has 1 saturated heterocycles. The van der Waals surface area contributed by atoms with Crippen molar-refractivity contribution in [3.63, 3.8) is 0 Å². The summed E-state index contributed by atoms with van der Waals surface area (Å²) in [6, 6.07) is 13.4. The molecule has 3 heterocycles. The molecule has 1 aliphatic heterocycles. The Morgan fingerprint density at radius 2 is 1.87 bits per heavy atom. The van der Waals surface area contributed by atoms with Crippen LogP contribution < -0.4 is 25.0 Å². The number of nitrogens with zero attached hydrogens (tertiary/aromatic N) is 3. The maximum atomic E-state index is 12.7. The van der Waals surface area contributed by atoms with Gasteiger partial charge in [0.05, 0.1) is 34.0 Å². The molecule has 0 atom stereocenters. The van der Waals surface area contributed by atoms with Gasteiger partial charge < -0.3 is 20.3 Å². The second-order valence-corrected chi connectivity index (χ2v) is 13.5. The third-order valence-electron chi connectivity index (χ3n) is 6.44. The van der Waals surface area contributed by atoms with E-state index in [2.05, 4.69) is 31.3 Å². The predicted molar refractivity (Wildman–Crippen MR) is 157 cm³/mol. The average molecular weight is 553 g/mol. The number of rotatable bonds is 7. The molecule has 0 radical (unpaired) electrons. The van der Waals surface area contributed by atoms with Gasteiger partial charge in [0.25, 0.3) is 0 Å². The number of nitrogens with one attached hydrogen (secondary N) is 3. The van der Waals surface area contributed by atoms with E-state index in [0.29, 0.717) is 11.6 Å². The topological polar surface area (TPSA) is 108 Å². The molecule has 0 aliphatic carbocycles. The van der Waals surface area contributed by atoms with Gasteiger partial charge in [-0.1, -0.05) is 12.1 Å². The van der Waals surface area contributed by atoms with Gasteiger partial charge in [0.2, 0.25) is 16.0 Å². The number of sulfonamides is 1. The van der Waals surface area contributed by atoms with Crippen molar-refractivity contribution in [1.29, 1.82) is 0 Å². The molecule has 9 nitrogen and oxygen atoms in total. The highest BCUT2D eigenvalue weighted by Gasteiger charge is 2.29. The Morgan fingerprint density at radius 3 is 2.61 bits per heavy atom. The monoisotopic (exact) mass is 552 g/mol. The van der Waals surface area contributed by atoms with Crippen molar-refractivity contribution >= 4 is 54.6 Å². The number of hydrogen-bond acceptors (Lipinski definition) is 9. The number of piperazine rings is 1. The summed E-state index contributed by atoms with van der Waals surface area (Å²) in [4.78, 5) is 11.6. The molecule has 11 heteroatoms. The van der Waals surface area contributed by atoms with Crippen LogP contribution in [0.3, 0.4) is 0 Å². The van der Waals surface area contributed by atoms with Crippen molar-refractivity contribution < 1.29 is 13.2 Å². The average Bonchev–Trinajstić information content (AvgIpc) is 3.32. The molecule has 3 N–H and O–H groups in total. The molecular weight excluding hydrogens is 520 g/mol. The second kappa shape index (κ2) is 10.4. The van der Waals surface area contributed by atoms with E-state index in [9.17, 15) is 8.42 Å². The maximum Gasteiger partial charge on any atom is 0.237 e. The van der Waals surface area contributed by atoms with Gasteiger partial charge in [-0.25, -0.2) is 18.4 Å².